The molecule has 8 nitrogen and oxygen atoms in total. The number of hydrogen-bond acceptors (Lipinski definition) is 7. The largest absolute Gasteiger partial charge is 0.379 e. The second kappa shape index (κ2) is 10.4. The lowest BCUT2D eigenvalue weighted by Gasteiger charge is -2.26. The standard InChI is InChI=1S/C18H29N5O3/c24-18(20-4-6-23-9-13-26-14-10-23)16-1-2-17(21-15-16)19-3-5-22-7-11-25-12-8-22/h1-2,15H,3-14H2,(H,19,21)(H,20,24). The first-order chi connectivity index (χ1) is 12.8. The lowest BCUT2D eigenvalue weighted by atomic mass is 10.2. The van der Waals surface area contributed by atoms with Gasteiger partial charge in [-0.15, -0.1) is 0 Å². The number of carbonyl (C=O) groups is 1. The fourth-order valence-electron chi connectivity index (χ4n) is 3.05. The molecule has 3 rings (SSSR count). The molecule has 1 aromatic heterocycles. The molecule has 2 saturated heterocycles. The van der Waals surface area contributed by atoms with E-state index in [0.29, 0.717) is 12.1 Å². The Balaban J connectivity index is 1.34. The van der Waals surface area contributed by atoms with Gasteiger partial charge in [0.05, 0.1) is 32.0 Å². The van der Waals surface area contributed by atoms with Gasteiger partial charge in [0, 0.05) is 58.6 Å². The number of rotatable bonds is 8. The molecule has 0 unspecified atom stereocenters. The highest BCUT2D eigenvalue weighted by Crippen LogP contribution is 2.05. The summed E-state index contributed by atoms with van der Waals surface area (Å²) in [6.45, 7) is 10.3. The second-order valence-electron chi connectivity index (χ2n) is 6.52. The molecule has 2 aliphatic heterocycles. The van der Waals surface area contributed by atoms with Gasteiger partial charge in [-0.2, -0.15) is 0 Å². The van der Waals surface area contributed by atoms with E-state index in [4.69, 9.17) is 9.47 Å². The van der Waals surface area contributed by atoms with Crippen LogP contribution in [0.15, 0.2) is 18.3 Å². The van der Waals surface area contributed by atoms with Crippen LogP contribution in [0.4, 0.5) is 5.82 Å². The maximum absolute atomic E-state index is 12.2. The molecule has 0 radical (unpaired) electrons. The Morgan fingerprint density at radius 1 is 0.962 bits per heavy atom. The topological polar surface area (TPSA) is 79.0 Å². The lowest BCUT2D eigenvalue weighted by molar-refractivity contribution is 0.0383. The average Bonchev–Trinajstić information content (AvgIpc) is 2.70. The van der Waals surface area contributed by atoms with Gasteiger partial charge in [0.1, 0.15) is 5.82 Å². The quantitative estimate of drug-likeness (QED) is 0.667. The number of nitrogens with one attached hydrogen (secondary N) is 2. The molecule has 2 aliphatic rings. The highest BCUT2D eigenvalue weighted by molar-refractivity contribution is 5.94. The minimum Gasteiger partial charge on any atom is -0.379 e. The predicted molar refractivity (Wildman–Crippen MR) is 99.6 cm³/mol. The van der Waals surface area contributed by atoms with Crippen molar-refractivity contribution in [2.45, 2.75) is 0 Å². The minimum absolute atomic E-state index is 0.0781. The third kappa shape index (κ3) is 6.21. The van der Waals surface area contributed by atoms with Crippen molar-refractivity contribution in [3.05, 3.63) is 23.9 Å². The van der Waals surface area contributed by atoms with Crippen molar-refractivity contribution in [2.75, 3.05) is 84.1 Å². The Kier molecular flexibility index (Phi) is 7.63. The Bertz CT molecular complexity index is 542. The van der Waals surface area contributed by atoms with E-state index in [1.54, 1.807) is 6.20 Å². The van der Waals surface area contributed by atoms with Crippen LogP contribution in [-0.2, 0) is 9.47 Å². The fourth-order valence-corrected chi connectivity index (χ4v) is 3.05. The van der Waals surface area contributed by atoms with Crippen molar-refractivity contribution in [3.8, 4) is 0 Å². The highest BCUT2D eigenvalue weighted by Gasteiger charge is 2.12. The van der Waals surface area contributed by atoms with Crippen molar-refractivity contribution in [2.24, 2.45) is 0 Å². The lowest BCUT2D eigenvalue weighted by Crippen LogP contribution is -2.41. The summed E-state index contributed by atoms with van der Waals surface area (Å²) >= 11 is 0. The maximum Gasteiger partial charge on any atom is 0.252 e. The summed E-state index contributed by atoms with van der Waals surface area (Å²) in [7, 11) is 0. The van der Waals surface area contributed by atoms with Gasteiger partial charge in [0.15, 0.2) is 0 Å². The van der Waals surface area contributed by atoms with Crippen LogP contribution in [0.3, 0.4) is 0 Å². The van der Waals surface area contributed by atoms with E-state index < -0.39 is 0 Å². The third-order valence-corrected chi connectivity index (χ3v) is 4.68. The Morgan fingerprint density at radius 2 is 1.58 bits per heavy atom. The zero-order valence-electron chi connectivity index (χ0n) is 15.3. The van der Waals surface area contributed by atoms with Crippen LogP contribution < -0.4 is 10.6 Å². The molecule has 2 fully saturated rings. The van der Waals surface area contributed by atoms with Gasteiger partial charge in [-0.05, 0) is 12.1 Å². The molecule has 0 aromatic carbocycles. The number of aromatic nitrogens is 1. The number of anilines is 1. The van der Waals surface area contributed by atoms with Gasteiger partial charge in [0.2, 0.25) is 0 Å². The number of nitrogens with zero attached hydrogens (tertiary/aromatic N) is 3. The number of ether oxygens (including phenoxy) is 2. The number of carbonyl (C=O) groups excluding carboxylic acids is 1. The van der Waals surface area contributed by atoms with Gasteiger partial charge in [-0.3, -0.25) is 14.6 Å². The SMILES string of the molecule is O=C(NCCN1CCOCC1)c1ccc(NCCN2CCOCC2)nc1. The van der Waals surface area contributed by atoms with E-state index in [2.05, 4.69) is 25.4 Å². The van der Waals surface area contributed by atoms with Gasteiger partial charge in [0.25, 0.3) is 5.91 Å². The first-order valence-corrected chi connectivity index (χ1v) is 9.39. The van der Waals surface area contributed by atoms with E-state index in [0.717, 1.165) is 78.1 Å². The molecule has 0 bridgehead atoms. The Morgan fingerprint density at radius 3 is 2.15 bits per heavy atom. The van der Waals surface area contributed by atoms with Crippen molar-refractivity contribution in [1.29, 1.82) is 0 Å². The predicted octanol–water partition coefficient (Wildman–Crippen LogP) is -0.112. The Hall–Kier alpha value is -1.74. The summed E-state index contributed by atoms with van der Waals surface area (Å²) in [5.74, 6) is 0.716. The number of hydrogen-bond donors (Lipinski definition) is 2. The van der Waals surface area contributed by atoms with E-state index in [9.17, 15) is 4.79 Å². The van der Waals surface area contributed by atoms with Gasteiger partial charge in [-0.1, -0.05) is 0 Å². The number of amides is 1. The van der Waals surface area contributed by atoms with Crippen LogP contribution in [0, 0.1) is 0 Å². The van der Waals surface area contributed by atoms with Gasteiger partial charge >= 0.3 is 0 Å². The molecule has 0 saturated carbocycles. The number of pyridine rings is 1. The molecular formula is C18H29N5O3. The summed E-state index contributed by atoms with van der Waals surface area (Å²) in [6.07, 6.45) is 1.63. The second-order valence-corrected chi connectivity index (χ2v) is 6.52. The third-order valence-electron chi connectivity index (χ3n) is 4.68. The zero-order valence-corrected chi connectivity index (χ0v) is 15.3. The van der Waals surface area contributed by atoms with Gasteiger partial charge < -0.3 is 20.1 Å². The van der Waals surface area contributed by atoms with Crippen LogP contribution in [0.5, 0.6) is 0 Å². The number of morpholine rings is 2. The molecule has 2 N–H and O–H groups in total. The van der Waals surface area contributed by atoms with Crippen LogP contribution in [0.2, 0.25) is 0 Å². The van der Waals surface area contributed by atoms with Gasteiger partial charge in [-0.25, -0.2) is 4.98 Å². The Labute approximate surface area is 154 Å². The summed E-state index contributed by atoms with van der Waals surface area (Å²) in [6, 6.07) is 3.67. The fraction of sp³-hybridized carbons (Fsp3) is 0.667. The summed E-state index contributed by atoms with van der Waals surface area (Å²) < 4.78 is 10.7. The summed E-state index contributed by atoms with van der Waals surface area (Å²) in [5.41, 5.74) is 0.589. The van der Waals surface area contributed by atoms with E-state index >= 15 is 0 Å². The monoisotopic (exact) mass is 363 g/mol. The molecule has 0 spiro atoms. The van der Waals surface area contributed by atoms with Crippen LogP contribution >= 0.6 is 0 Å². The van der Waals surface area contributed by atoms with E-state index in [1.165, 1.54) is 0 Å². The molecule has 8 heteroatoms. The molecule has 26 heavy (non-hydrogen) atoms. The molecule has 0 aliphatic carbocycles. The first kappa shape index (κ1) is 19.0. The maximum atomic E-state index is 12.2. The molecule has 3 heterocycles. The van der Waals surface area contributed by atoms with Crippen LogP contribution in [0.1, 0.15) is 10.4 Å². The van der Waals surface area contributed by atoms with E-state index in [-0.39, 0.29) is 5.91 Å². The minimum atomic E-state index is -0.0781. The summed E-state index contributed by atoms with van der Waals surface area (Å²) in [4.78, 5) is 21.2. The van der Waals surface area contributed by atoms with Crippen molar-refractivity contribution < 1.29 is 14.3 Å². The van der Waals surface area contributed by atoms with Crippen molar-refractivity contribution in [1.82, 2.24) is 20.1 Å². The molecule has 1 amide bonds. The van der Waals surface area contributed by atoms with Crippen LogP contribution in [0.25, 0.3) is 0 Å². The zero-order chi connectivity index (χ0) is 18.0. The highest BCUT2D eigenvalue weighted by atomic mass is 16.5. The average molecular weight is 363 g/mol. The normalized spacial score (nSPS) is 19.2. The smallest absolute Gasteiger partial charge is 0.252 e. The molecule has 1 aromatic rings. The first-order valence-electron chi connectivity index (χ1n) is 9.39. The van der Waals surface area contributed by atoms with Crippen molar-refractivity contribution >= 4 is 11.7 Å². The molecule has 144 valence electrons. The van der Waals surface area contributed by atoms with E-state index in [1.807, 2.05) is 12.1 Å². The van der Waals surface area contributed by atoms with Crippen LogP contribution in [-0.4, -0.2) is 99.5 Å². The summed E-state index contributed by atoms with van der Waals surface area (Å²) in [5, 5.41) is 6.25. The molecule has 0 atom stereocenters. The molecular weight excluding hydrogens is 334 g/mol. The van der Waals surface area contributed by atoms with Crippen molar-refractivity contribution in [3.63, 3.8) is 0 Å².